The second-order valence-corrected chi connectivity index (χ2v) is 5.01. The van der Waals surface area contributed by atoms with Gasteiger partial charge in [-0.2, -0.15) is 0 Å². The van der Waals surface area contributed by atoms with Crippen molar-refractivity contribution in [2.24, 2.45) is 0 Å². The Balaban J connectivity index is 2.20. The maximum atomic E-state index is 4.44. The van der Waals surface area contributed by atoms with Crippen LogP contribution in [0.1, 0.15) is 12.8 Å². The van der Waals surface area contributed by atoms with Gasteiger partial charge in [0.15, 0.2) is 0 Å². The first-order valence-corrected chi connectivity index (χ1v) is 6.44. The predicted octanol–water partition coefficient (Wildman–Crippen LogP) is 3.60. The largest absolute Gasteiger partial charge is 0.371 e. The minimum Gasteiger partial charge on any atom is -0.371 e. The average molecular weight is 277 g/mol. The zero-order valence-corrected chi connectivity index (χ0v) is 10.6. The second kappa shape index (κ2) is 4.06. The molecule has 1 aromatic carbocycles. The lowest BCUT2D eigenvalue weighted by molar-refractivity contribution is 0.949. The Morgan fingerprint density at radius 1 is 1.12 bits per heavy atom. The summed E-state index contributed by atoms with van der Waals surface area (Å²) >= 11 is 3.56. The van der Waals surface area contributed by atoms with Gasteiger partial charge in [-0.25, -0.2) is 0 Å². The number of fused-ring (bicyclic) bond motifs is 1. The Kier molecular flexibility index (Phi) is 2.56. The number of halogens is 1. The van der Waals surface area contributed by atoms with Crippen molar-refractivity contribution in [3.8, 4) is 0 Å². The molecule has 1 aliphatic heterocycles. The predicted molar refractivity (Wildman–Crippen MR) is 70.9 cm³/mol. The summed E-state index contributed by atoms with van der Waals surface area (Å²) in [6, 6.07) is 8.40. The number of aromatic nitrogens is 1. The number of nitrogens with zero attached hydrogens (tertiary/aromatic N) is 2. The van der Waals surface area contributed by atoms with E-state index in [4.69, 9.17) is 0 Å². The monoisotopic (exact) mass is 276 g/mol. The minimum atomic E-state index is 1.06. The Morgan fingerprint density at radius 3 is 2.75 bits per heavy atom. The van der Waals surface area contributed by atoms with Gasteiger partial charge in [-0.05, 0) is 40.9 Å². The number of para-hydroxylation sites is 1. The highest BCUT2D eigenvalue weighted by molar-refractivity contribution is 9.10. The fraction of sp³-hybridized carbons (Fsp3) is 0.308. The fourth-order valence-electron chi connectivity index (χ4n) is 2.36. The van der Waals surface area contributed by atoms with Crippen LogP contribution in [0.3, 0.4) is 0 Å². The van der Waals surface area contributed by atoms with Gasteiger partial charge in [0.1, 0.15) is 0 Å². The lowest BCUT2D eigenvalue weighted by Crippen LogP contribution is -2.17. The highest BCUT2D eigenvalue weighted by Gasteiger charge is 2.15. The van der Waals surface area contributed by atoms with Gasteiger partial charge in [-0.1, -0.05) is 12.1 Å². The number of hydrogen-bond donors (Lipinski definition) is 0. The molecule has 1 fully saturated rings. The van der Waals surface area contributed by atoms with E-state index in [0.717, 1.165) is 9.99 Å². The third-order valence-corrected chi connectivity index (χ3v) is 3.79. The van der Waals surface area contributed by atoms with E-state index in [1.54, 1.807) is 0 Å². The molecule has 2 nitrogen and oxygen atoms in total. The normalized spacial score (nSPS) is 15.9. The minimum absolute atomic E-state index is 1.06. The molecule has 0 saturated carbocycles. The molecule has 0 aliphatic carbocycles. The van der Waals surface area contributed by atoms with Crippen molar-refractivity contribution in [2.75, 3.05) is 18.0 Å². The van der Waals surface area contributed by atoms with Crippen LogP contribution in [0.15, 0.2) is 34.9 Å². The number of anilines is 1. The van der Waals surface area contributed by atoms with Crippen LogP contribution in [0.5, 0.6) is 0 Å². The molecule has 0 radical (unpaired) electrons. The number of benzene rings is 1. The molecule has 0 atom stereocenters. The molecule has 0 unspecified atom stereocenters. The van der Waals surface area contributed by atoms with Crippen molar-refractivity contribution in [3.05, 3.63) is 34.9 Å². The highest BCUT2D eigenvalue weighted by Crippen LogP contribution is 2.31. The average Bonchev–Trinajstić information content (AvgIpc) is 2.82. The molecule has 0 spiro atoms. The van der Waals surface area contributed by atoms with Gasteiger partial charge in [0, 0.05) is 34.8 Å². The molecular formula is C13H13BrN2. The molecule has 2 aromatic rings. The summed E-state index contributed by atoms with van der Waals surface area (Å²) in [5.74, 6) is 0. The van der Waals surface area contributed by atoms with E-state index in [0.29, 0.717) is 0 Å². The third kappa shape index (κ3) is 1.59. The van der Waals surface area contributed by atoms with E-state index in [1.165, 1.54) is 37.0 Å². The van der Waals surface area contributed by atoms with Crippen LogP contribution < -0.4 is 4.90 Å². The van der Waals surface area contributed by atoms with Crippen molar-refractivity contribution in [1.29, 1.82) is 0 Å². The molecule has 2 heterocycles. The maximum absolute atomic E-state index is 4.44. The highest BCUT2D eigenvalue weighted by atomic mass is 79.9. The molecule has 0 N–H and O–H groups in total. The molecular weight excluding hydrogens is 264 g/mol. The first kappa shape index (κ1) is 10.1. The third-order valence-electron chi connectivity index (χ3n) is 3.15. The molecule has 3 rings (SSSR count). The van der Waals surface area contributed by atoms with Crippen molar-refractivity contribution in [1.82, 2.24) is 4.98 Å². The SMILES string of the molecule is Brc1cccc2c(N3CCCC3)ccnc12. The molecule has 3 heteroatoms. The van der Waals surface area contributed by atoms with Gasteiger partial charge in [0.05, 0.1) is 5.52 Å². The van der Waals surface area contributed by atoms with Crippen molar-refractivity contribution < 1.29 is 0 Å². The summed E-state index contributed by atoms with van der Waals surface area (Å²) in [5.41, 5.74) is 2.38. The van der Waals surface area contributed by atoms with Crippen LogP contribution in [0.2, 0.25) is 0 Å². The summed E-state index contributed by atoms with van der Waals surface area (Å²) in [6.07, 6.45) is 4.51. The molecule has 1 aromatic heterocycles. The van der Waals surface area contributed by atoms with Crippen LogP contribution in [-0.2, 0) is 0 Å². The van der Waals surface area contributed by atoms with Crippen molar-refractivity contribution >= 4 is 32.5 Å². The summed E-state index contributed by atoms with van der Waals surface area (Å²) in [6.45, 7) is 2.34. The molecule has 0 amide bonds. The first-order valence-electron chi connectivity index (χ1n) is 5.64. The van der Waals surface area contributed by atoms with E-state index in [2.05, 4.69) is 44.0 Å². The zero-order chi connectivity index (χ0) is 11.0. The lowest BCUT2D eigenvalue weighted by Gasteiger charge is -2.19. The van der Waals surface area contributed by atoms with Crippen LogP contribution >= 0.6 is 15.9 Å². The Hall–Kier alpha value is -1.09. The van der Waals surface area contributed by atoms with Crippen LogP contribution in [0.4, 0.5) is 5.69 Å². The lowest BCUT2D eigenvalue weighted by atomic mass is 10.2. The van der Waals surface area contributed by atoms with Crippen molar-refractivity contribution in [2.45, 2.75) is 12.8 Å². The first-order chi connectivity index (χ1) is 7.86. The van der Waals surface area contributed by atoms with Crippen LogP contribution in [0.25, 0.3) is 10.9 Å². The quantitative estimate of drug-likeness (QED) is 0.791. The molecule has 0 bridgehead atoms. The summed E-state index contributed by atoms with van der Waals surface area (Å²) < 4.78 is 1.08. The number of rotatable bonds is 1. The Bertz CT molecular complexity index is 518. The van der Waals surface area contributed by atoms with E-state index in [9.17, 15) is 0 Å². The van der Waals surface area contributed by atoms with Gasteiger partial charge in [0.25, 0.3) is 0 Å². The van der Waals surface area contributed by atoms with E-state index >= 15 is 0 Å². The van der Waals surface area contributed by atoms with E-state index < -0.39 is 0 Å². The summed E-state index contributed by atoms with van der Waals surface area (Å²) in [4.78, 5) is 6.89. The van der Waals surface area contributed by atoms with Gasteiger partial charge in [-0.3, -0.25) is 4.98 Å². The number of hydrogen-bond acceptors (Lipinski definition) is 2. The standard InChI is InChI=1S/C13H13BrN2/c14-11-5-3-4-10-12(6-7-15-13(10)11)16-8-1-2-9-16/h3-7H,1-2,8-9H2. The fourth-order valence-corrected chi connectivity index (χ4v) is 2.83. The van der Waals surface area contributed by atoms with Crippen LogP contribution in [0, 0.1) is 0 Å². The second-order valence-electron chi connectivity index (χ2n) is 4.16. The molecule has 1 saturated heterocycles. The summed E-state index contributed by atoms with van der Waals surface area (Å²) in [5, 5.41) is 1.25. The van der Waals surface area contributed by atoms with Crippen molar-refractivity contribution in [3.63, 3.8) is 0 Å². The number of pyridine rings is 1. The van der Waals surface area contributed by atoms with Gasteiger partial charge in [0.2, 0.25) is 0 Å². The maximum Gasteiger partial charge on any atom is 0.0864 e. The zero-order valence-electron chi connectivity index (χ0n) is 8.99. The summed E-state index contributed by atoms with van der Waals surface area (Å²) in [7, 11) is 0. The van der Waals surface area contributed by atoms with E-state index in [1.807, 2.05) is 12.3 Å². The topological polar surface area (TPSA) is 16.1 Å². The molecule has 1 aliphatic rings. The van der Waals surface area contributed by atoms with Gasteiger partial charge < -0.3 is 4.90 Å². The Morgan fingerprint density at radius 2 is 1.94 bits per heavy atom. The smallest absolute Gasteiger partial charge is 0.0864 e. The van der Waals surface area contributed by atoms with Crippen LogP contribution in [-0.4, -0.2) is 18.1 Å². The van der Waals surface area contributed by atoms with Gasteiger partial charge in [-0.15, -0.1) is 0 Å². The van der Waals surface area contributed by atoms with Gasteiger partial charge >= 0.3 is 0 Å². The molecule has 16 heavy (non-hydrogen) atoms. The molecule has 82 valence electrons. The Labute approximate surface area is 103 Å². The van der Waals surface area contributed by atoms with E-state index in [-0.39, 0.29) is 0 Å².